The normalized spacial score (nSPS) is 52.5. The van der Waals surface area contributed by atoms with Gasteiger partial charge in [-0.05, 0) is 38.5 Å². The van der Waals surface area contributed by atoms with Gasteiger partial charge < -0.3 is 9.47 Å². The highest BCUT2D eigenvalue weighted by molar-refractivity contribution is 6.20. The lowest BCUT2D eigenvalue weighted by atomic mass is 9.83. The predicted molar refractivity (Wildman–Crippen MR) is 54.7 cm³/mol. The highest BCUT2D eigenvalue weighted by Gasteiger charge is 2.51. The Hall–Kier alpha value is 0.210. The summed E-state index contributed by atoms with van der Waals surface area (Å²) in [7, 11) is 0. The molecule has 0 aliphatic carbocycles. The van der Waals surface area contributed by atoms with Crippen LogP contribution in [0.2, 0.25) is 0 Å². The minimum absolute atomic E-state index is 0.0162. The molecule has 3 heterocycles. The molecule has 3 rings (SSSR count). The van der Waals surface area contributed by atoms with Crippen LogP contribution in [0, 0.1) is 0 Å². The fraction of sp³-hybridized carbons (Fsp3) is 1.00. The zero-order valence-corrected chi connectivity index (χ0v) is 9.13. The number of rotatable bonds is 0. The van der Waals surface area contributed by atoms with Crippen molar-refractivity contribution in [3.63, 3.8) is 0 Å². The minimum atomic E-state index is -0.0162. The summed E-state index contributed by atoms with van der Waals surface area (Å²) in [5, 5.41) is 0.296. The molecule has 3 heteroatoms. The molecular formula is C11H17ClO2. The largest absolute Gasteiger partial charge is 0.372 e. The molecule has 3 saturated heterocycles. The maximum absolute atomic E-state index is 6.24. The maximum Gasteiger partial charge on any atom is 0.0958 e. The first-order valence-electron chi connectivity index (χ1n) is 5.72. The molecule has 1 spiro atoms. The van der Waals surface area contributed by atoms with Crippen molar-refractivity contribution in [1.29, 1.82) is 0 Å². The second kappa shape index (κ2) is 3.36. The first-order valence-corrected chi connectivity index (χ1v) is 6.16. The minimum Gasteiger partial charge on any atom is -0.372 e. The standard InChI is InChI=1S/C11H17ClO2/c12-8-4-6-13-11(7-8)5-3-9-1-2-10(11)14-9/h8-10H,1-7H2. The van der Waals surface area contributed by atoms with Gasteiger partial charge in [0.15, 0.2) is 0 Å². The number of ether oxygens (including phenoxy) is 2. The Kier molecular flexibility index (Phi) is 2.26. The molecule has 3 fully saturated rings. The SMILES string of the molecule is ClC1CCOC2(CCC3CCC2O3)C1. The van der Waals surface area contributed by atoms with Crippen LogP contribution in [0.4, 0.5) is 0 Å². The summed E-state index contributed by atoms with van der Waals surface area (Å²) in [6.45, 7) is 0.818. The zero-order valence-electron chi connectivity index (χ0n) is 8.38. The predicted octanol–water partition coefficient (Wildman–Crippen LogP) is 2.48. The van der Waals surface area contributed by atoms with Crippen molar-refractivity contribution in [2.75, 3.05) is 6.61 Å². The summed E-state index contributed by atoms with van der Waals surface area (Å²) < 4.78 is 12.0. The van der Waals surface area contributed by atoms with Gasteiger partial charge in [0.2, 0.25) is 0 Å². The second-order valence-corrected chi connectivity index (χ2v) is 5.48. The Morgan fingerprint density at radius 1 is 1.14 bits per heavy atom. The van der Waals surface area contributed by atoms with Crippen molar-refractivity contribution < 1.29 is 9.47 Å². The Bertz CT molecular complexity index is 233. The molecule has 2 nitrogen and oxygen atoms in total. The Morgan fingerprint density at radius 3 is 2.93 bits per heavy atom. The average molecular weight is 217 g/mol. The zero-order chi connectivity index (χ0) is 9.60. The highest BCUT2D eigenvalue weighted by Crippen LogP contribution is 2.46. The van der Waals surface area contributed by atoms with Gasteiger partial charge in [0.1, 0.15) is 0 Å². The molecular weight excluding hydrogens is 200 g/mol. The Morgan fingerprint density at radius 2 is 2.07 bits per heavy atom. The molecule has 0 radical (unpaired) electrons. The van der Waals surface area contributed by atoms with Crippen molar-refractivity contribution >= 4 is 11.6 Å². The van der Waals surface area contributed by atoms with Crippen LogP contribution in [-0.2, 0) is 9.47 Å². The molecule has 0 saturated carbocycles. The maximum atomic E-state index is 6.24. The lowest BCUT2D eigenvalue weighted by Gasteiger charge is -2.45. The van der Waals surface area contributed by atoms with E-state index in [2.05, 4.69) is 0 Å². The summed E-state index contributed by atoms with van der Waals surface area (Å²) >= 11 is 6.24. The number of halogens is 1. The van der Waals surface area contributed by atoms with E-state index in [1.807, 2.05) is 0 Å². The fourth-order valence-electron chi connectivity index (χ4n) is 3.20. The van der Waals surface area contributed by atoms with Crippen molar-refractivity contribution in [2.24, 2.45) is 0 Å². The van der Waals surface area contributed by atoms with Crippen molar-refractivity contribution in [3.05, 3.63) is 0 Å². The number of fused-ring (bicyclic) bond motifs is 3. The van der Waals surface area contributed by atoms with Crippen molar-refractivity contribution in [3.8, 4) is 0 Å². The van der Waals surface area contributed by atoms with Gasteiger partial charge in [-0.3, -0.25) is 0 Å². The molecule has 3 aliphatic heterocycles. The van der Waals surface area contributed by atoms with E-state index in [0.29, 0.717) is 17.6 Å². The lowest BCUT2D eigenvalue weighted by Crippen LogP contribution is -2.52. The molecule has 0 amide bonds. The van der Waals surface area contributed by atoms with Gasteiger partial charge in [0.05, 0.1) is 17.8 Å². The van der Waals surface area contributed by atoms with E-state index in [9.17, 15) is 0 Å². The molecule has 2 bridgehead atoms. The molecule has 14 heavy (non-hydrogen) atoms. The van der Waals surface area contributed by atoms with Crippen LogP contribution in [-0.4, -0.2) is 29.8 Å². The van der Waals surface area contributed by atoms with Crippen LogP contribution in [0.1, 0.15) is 38.5 Å². The van der Waals surface area contributed by atoms with Crippen LogP contribution in [0.15, 0.2) is 0 Å². The Labute approximate surface area is 89.9 Å². The summed E-state index contributed by atoms with van der Waals surface area (Å²) in [5.74, 6) is 0. The number of hydrogen-bond donors (Lipinski definition) is 0. The molecule has 4 atom stereocenters. The second-order valence-electron chi connectivity index (χ2n) is 4.87. The van der Waals surface area contributed by atoms with Crippen LogP contribution in [0.5, 0.6) is 0 Å². The van der Waals surface area contributed by atoms with Gasteiger partial charge in [-0.15, -0.1) is 11.6 Å². The van der Waals surface area contributed by atoms with Crippen LogP contribution >= 0.6 is 11.6 Å². The van der Waals surface area contributed by atoms with E-state index < -0.39 is 0 Å². The molecule has 0 N–H and O–H groups in total. The third-order valence-electron chi connectivity index (χ3n) is 3.97. The third-order valence-corrected chi connectivity index (χ3v) is 4.34. The van der Waals surface area contributed by atoms with Gasteiger partial charge in [0, 0.05) is 12.0 Å². The van der Waals surface area contributed by atoms with Gasteiger partial charge in [0.25, 0.3) is 0 Å². The summed E-state index contributed by atoms with van der Waals surface area (Å²) in [4.78, 5) is 0. The molecule has 80 valence electrons. The van der Waals surface area contributed by atoms with E-state index in [1.165, 1.54) is 19.3 Å². The van der Waals surface area contributed by atoms with Crippen LogP contribution < -0.4 is 0 Å². The first kappa shape index (κ1) is 9.44. The third kappa shape index (κ3) is 1.39. The van der Waals surface area contributed by atoms with Crippen LogP contribution in [0.25, 0.3) is 0 Å². The highest BCUT2D eigenvalue weighted by atomic mass is 35.5. The number of hydrogen-bond acceptors (Lipinski definition) is 2. The van der Waals surface area contributed by atoms with Crippen LogP contribution in [0.3, 0.4) is 0 Å². The molecule has 4 unspecified atom stereocenters. The fourth-order valence-corrected chi connectivity index (χ4v) is 3.55. The van der Waals surface area contributed by atoms with Gasteiger partial charge in [-0.2, -0.15) is 0 Å². The lowest BCUT2D eigenvalue weighted by molar-refractivity contribution is -0.190. The molecule has 0 aromatic carbocycles. The summed E-state index contributed by atoms with van der Waals surface area (Å²) in [6, 6.07) is 0. The van der Waals surface area contributed by atoms with E-state index >= 15 is 0 Å². The topological polar surface area (TPSA) is 18.5 Å². The average Bonchev–Trinajstić information content (AvgIpc) is 2.58. The first-order chi connectivity index (χ1) is 6.78. The number of alkyl halides is 1. The van der Waals surface area contributed by atoms with Crippen molar-refractivity contribution in [2.45, 2.75) is 61.7 Å². The summed E-state index contributed by atoms with van der Waals surface area (Å²) in [6.07, 6.45) is 7.57. The van der Waals surface area contributed by atoms with Gasteiger partial charge in [-0.25, -0.2) is 0 Å². The molecule has 0 aromatic rings. The molecule has 0 aromatic heterocycles. The Balaban J connectivity index is 1.80. The van der Waals surface area contributed by atoms with E-state index in [1.54, 1.807) is 0 Å². The van der Waals surface area contributed by atoms with E-state index in [0.717, 1.165) is 25.9 Å². The van der Waals surface area contributed by atoms with Gasteiger partial charge >= 0.3 is 0 Å². The van der Waals surface area contributed by atoms with E-state index in [-0.39, 0.29) is 5.60 Å². The van der Waals surface area contributed by atoms with E-state index in [4.69, 9.17) is 21.1 Å². The molecule has 3 aliphatic rings. The monoisotopic (exact) mass is 216 g/mol. The van der Waals surface area contributed by atoms with Gasteiger partial charge in [-0.1, -0.05) is 0 Å². The van der Waals surface area contributed by atoms with Crippen molar-refractivity contribution in [1.82, 2.24) is 0 Å². The quantitative estimate of drug-likeness (QED) is 0.580. The summed E-state index contributed by atoms with van der Waals surface area (Å²) in [5.41, 5.74) is -0.0162. The smallest absolute Gasteiger partial charge is 0.0958 e.